The molecule has 0 radical (unpaired) electrons. The average Bonchev–Trinajstić information content (AvgIpc) is 1.61. The number of hydrogen-bond acceptors (Lipinski definition) is 1. The van der Waals surface area contributed by atoms with Gasteiger partial charge in [0.1, 0.15) is 0 Å². The molecule has 6 heavy (non-hydrogen) atoms. The van der Waals surface area contributed by atoms with Gasteiger partial charge in [0, 0.05) is 23.5 Å². The highest BCUT2D eigenvalue weighted by molar-refractivity contribution is 6.08. The number of ether oxygens (including phenoxy) is 1. The molecule has 0 rings (SSSR count). The molecule has 0 aliphatic heterocycles. The lowest BCUT2D eigenvalue weighted by atomic mass is 10.8. The molecule has 0 saturated carbocycles. The lowest BCUT2D eigenvalue weighted by Crippen LogP contribution is -1.90. The molecular formula is C4H12OSi. The molecule has 2 heteroatoms. The average molecular weight is 104 g/mol. The minimum atomic E-state index is 0.877. The van der Waals surface area contributed by atoms with Crippen molar-refractivity contribution in [3.05, 3.63) is 0 Å². The van der Waals surface area contributed by atoms with E-state index in [0.717, 1.165) is 13.2 Å². The summed E-state index contributed by atoms with van der Waals surface area (Å²) in [4.78, 5) is 0. The first kappa shape index (κ1) is 6.18. The van der Waals surface area contributed by atoms with Gasteiger partial charge in [-0.25, -0.2) is 0 Å². The van der Waals surface area contributed by atoms with E-state index in [1.165, 1.54) is 16.3 Å². The summed E-state index contributed by atoms with van der Waals surface area (Å²) in [7, 11) is 1.28. The molecule has 0 aromatic rings. The number of rotatable bonds is 3. The van der Waals surface area contributed by atoms with Crippen molar-refractivity contribution < 1.29 is 4.74 Å². The third-order valence-electron chi connectivity index (χ3n) is 0.553. The standard InChI is InChI=1S/C4H12OSi/c1-2-5-3-4-6/h2-4H2,1,6H3. The van der Waals surface area contributed by atoms with E-state index in [1.807, 2.05) is 6.92 Å². The summed E-state index contributed by atoms with van der Waals surface area (Å²) >= 11 is 0. The zero-order valence-electron chi connectivity index (χ0n) is 4.53. The Bertz CT molecular complexity index is 19.5. The third kappa shape index (κ3) is 4.18. The molecule has 0 aromatic heterocycles. The van der Waals surface area contributed by atoms with Gasteiger partial charge in [-0.1, -0.05) is 0 Å². The van der Waals surface area contributed by atoms with Gasteiger partial charge in [0.25, 0.3) is 0 Å². The summed E-state index contributed by atoms with van der Waals surface area (Å²) in [6, 6.07) is 1.27. The second-order valence-electron chi connectivity index (χ2n) is 1.20. The molecular weight excluding hydrogens is 92.1 g/mol. The third-order valence-corrected chi connectivity index (χ3v) is 0.961. The minimum absolute atomic E-state index is 0.877. The van der Waals surface area contributed by atoms with Crippen LogP contribution >= 0.6 is 0 Å². The fourth-order valence-corrected chi connectivity index (χ4v) is 0.577. The van der Waals surface area contributed by atoms with Gasteiger partial charge in [-0.2, -0.15) is 0 Å². The van der Waals surface area contributed by atoms with Gasteiger partial charge >= 0.3 is 0 Å². The first-order valence-electron chi connectivity index (χ1n) is 2.49. The Morgan fingerprint density at radius 1 is 1.67 bits per heavy atom. The van der Waals surface area contributed by atoms with E-state index in [1.54, 1.807) is 0 Å². The summed E-state index contributed by atoms with van der Waals surface area (Å²) in [5.41, 5.74) is 0. The molecule has 0 saturated heterocycles. The van der Waals surface area contributed by atoms with Crippen molar-refractivity contribution in [2.75, 3.05) is 13.2 Å². The van der Waals surface area contributed by atoms with Crippen LogP contribution in [-0.4, -0.2) is 23.5 Å². The molecule has 0 fully saturated rings. The van der Waals surface area contributed by atoms with Crippen molar-refractivity contribution >= 4 is 10.2 Å². The van der Waals surface area contributed by atoms with Gasteiger partial charge in [-0.15, -0.1) is 0 Å². The van der Waals surface area contributed by atoms with Crippen molar-refractivity contribution in [1.29, 1.82) is 0 Å². The summed E-state index contributed by atoms with van der Waals surface area (Å²) in [5, 5.41) is 0. The van der Waals surface area contributed by atoms with E-state index in [9.17, 15) is 0 Å². The first-order chi connectivity index (χ1) is 2.91. The Labute approximate surface area is 42.1 Å². The Morgan fingerprint density at radius 3 is 2.50 bits per heavy atom. The van der Waals surface area contributed by atoms with E-state index in [-0.39, 0.29) is 0 Å². The van der Waals surface area contributed by atoms with E-state index >= 15 is 0 Å². The Balaban J connectivity index is 2.34. The maximum absolute atomic E-state index is 5.02. The second kappa shape index (κ2) is 5.18. The summed E-state index contributed by atoms with van der Waals surface area (Å²) in [6.45, 7) is 3.88. The van der Waals surface area contributed by atoms with Gasteiger partial charge in [-0.05, 0) is 13.0 Å². The molecule has 0 atom stereocenters. The molecule has 0 N–H and O–H groups in total. The minimum Gasteiger partial charge on any atom is -0.382 e. The maximum atomic E-state index is 5.02. The normalized spacial score (nSPS) is 9.50. The van der Waals surface area contributed by atoms with Crippen molar-refractivity contribution in [2.45, 2.75) is 13.0 Å². The van der Waals surface area contributed by atoms with Crippen LogP contribution in [0.4, 0.5) is 0 Å². The molecule has 0 aromatic carbocycles. The molecule has 0 amide bonds. The van der Waals surface area contributed by atoms with Crippen LogP contribution in [0.1, 0.15) is 6.92 Å². The van der Waals surface area contributed by atoms with E-state index < -0.39 is 0 Å². The van der Waals surface area contributed by atoms with Crippen molar-refractivity contribution in [2.24, 2.45) is 0 Å². The van der Waals surface area contributed by atoms with Crippen LogP contribution in [0.3, 0.4) is 0 Å². The van der Waals surface area contributed by atoms with Crippen LogP contribution in [0.15, 0.2) is 0 Å². The van der Waals surface area contributed by atoms with Crippen LogP contribution in [0.2, 0.25) is 6.04 Å². The van der Waals surface area contributed by atoms with Crippen molar-refractivity contribution in [3.8, 4) is 0 Å². The molecule has 38 valence electrons. The van der Waals surface area contributed by atoms with Gasteiger partial charge in [-0.3, -0.25) is 0 Å². The van der Waals surface area contributed by atoms with Crippen LogP contribution in [0.25, 0.3) is 0 Å². The zero-order valence-corrected chi connectivity index (χ0v) is 6.53. The lowest BCUT2D eigenvalue weighted by molar-refractivity contribution is 0.162. The Morgan fingerprint density at radius 2 is 2.33 bits per heavy atom. The summed E-state index contributed by atoms with van der Waals surface area (Å²) in [5.74, 6) is 0. The van der Waals surface area contributed by atoms with Crippen LogP contribution in [0, 0.1) is 0 Å². The fraction of sp³-hybridized carbons (Fsp3) is 1.00. The van der Waals surface area contributed by atoms with E-state index in [0.29, 0.717) is 0 Å². The zero-order chi connectivity index (χ0) is 4.83. The molecule has 1 nitrogen and oxygen atoms in total. The van der Waals surface area contributed by atoms with Gasteiger partial charge in [0.05, 0.1) is 0 Å². The Kier molecular flexibility index (Phi) is 5.33. The molecule has 0 unspecified atom stereocenters. The molecule has 0 heterocycles. The monoisotopic (exact) mass is 104 g/mol. The molecule has 0 aliphatic carbocycles. The van der Waals surface area contributed by atoms with Gasteiger partial charge in [0.15, 0.2) is 0 Å². The molecule has 0 spiro atoms. The van der Waals surface area contributed by atoms with Crippen molar-refractivity contribution in [1.82, 2.24) is 0 Å². The fourth-order valence-electron chi connectivity index (χ4n) is 0.289. The van der Waals surface area contributed by atoms with Gasteiger partial charge in [0.2, 0.25) is 0 Å². The number of hydrogen-bond donors (Lipinski definition) is 0. The van der Waals surface area contributed by atoms with E-state index in [4.69, 9.17) is 4.74 Å². The molecule has 0 bridgehead atoms. The smallest absolute Gasteiger partial charge is 0.0437 e. The highest BCUT2D eigenvalue weighted by atomic mass is 28.1. The van der Waals surface area contributed by atoms with Crippen LogP contribution in [-0.2, 0) is 4.74 Å². The lowest BCUT2D eigenvalue weighted by Gasteiger charge is -1.91. The summed E-state index contributed by atoms with van der Waals surface area (Å²) < 4.78 is 5.02. The largest absolute Gasteiger partial charge is 0.382 e. The van der Waals surface area contributed by atoms with E-state index in [2.05, 4.69) is 0 Å². The first-order valence-corrected chi connectivity index (χ1v) is 3.91. The van der Waals surface area contributed by atoms with Crippen molar-refractivity contribution in [3.63, 3.8) is 0 Å². The second-order valence-corrected chi connectivity index (χ2v) is 2.20. The van der Waals surface area contributed by atoms with Gasteiger partial charge < -0.3 is 4.74 Å². The highest BCUT2D eigenvalue weighted by Gasteiger charge is 1.72. The SMILES string of the molecule is CCOCC[SiH3]. The van der Waals surface area contributed by atoms with Crippen LogP contribution in [0.5, 0.6) is 0 Å². The Hall–Kier alpha value is 0.177. The van der Waals surface area contributed by atoms with Crippen LogP contribution < -0.4 is 0 Å². The predicted molar refractivity (Wildman–Crippen MR) is 31.2 cm³/mol. The topological polar surface area (TPSA) is 9.23 Å². The highest BCUT2D eigenvalue weighted by Crippen LogP contribution is 1.73. The predicted octanol–water partition coefficient (Wildman–Crippen LogP) is -0.193. The molecule has 0 aliphatic rings. The maximum Gasteiger partial charge on any atom is 0.0437 e. The summed E-state index contributed by atoms with van der Waals surface area (Å²) in [6.07, 6.45) is 0. The quantitative estimate of drug-likeness (QED) is 0.356.